The van der Waals surface area contributed by atoms with Gasteiger partial charge in [0.1, 0.15) is 11.5 Å². The van der Waals surface area contributed by atoms with Crippen molar-refractivity contribution in [1.82, 2.24) is 15.3 Å². The number of rotatable bonds is 5. The minimum Gasteiger partial charge on any atom is -0.350 e. The van der Waals surface area contributed by atoms with Crippen molar-refractivity contribution in [1.29, 1.82) is 0 Å². The van der Waals surface area contributed by atoms with Crippen LogP contribution in [0.25, 0.3) is 0 Å². The topological polar surface area (TPSA) is 54.9 Å². The van der Waals surface area contributed by atoms with E-state index in [0.29, 0.717) is 12.4 Å². The molecule has 5 heteroatoms. The van der Waals surface area contributed by atoms with E-state index in [1.165, 1.54) is 6.20 Å². The van der Waals surface area contributed by atoms with Gasteiger partial charge in [0.25, 0.3) is 5.91 Å². The Hall–Kier alpha value is -1.42. The Labute approximate surface area is 112 Å². The zero-order valence-corrected chi connectivity index (χ0v) is 11.7. The highest BCUT2D eigenvalue weighted by atomic mass is 35.5. The second kappa shape index (κ2) is 7.11. The van der Waals surface area contributed by atoms with Crippen LogP contribution in [0.4, 0.5) is 0 Å². The lowest BCUT2D eigenvalue weighted by molar-refractivity contribution is 0.0949. The number of nitrogens with one attached hydrogen (secondary N) is 1. The van der Waals surface area contributed by atoms with E-state index in [9.17, 15) is 4.79 Å². The summed E-state index contributed by atoms with van der Waals surface area (Å²) in [6.07, 6.45) is 6.20. The molecule has 1 amide bonds. The minimum absolute atomic E-state index is 0.164. The Morgan fingerprint density at radius 1 is 1.56 bits per heavy atom. The molecule has 1 aromatic heterocycles. The number of amides is 1. The highest BCUT2D eigenvalue weighted by molar-refractivity contribution is 6.33. The molecule has 98 valence electrons. The standard InChI is InChI=1S/C13H18ClN3O/c1-4-5-6-7-15-13(18)11-10(14)8-16-12(17-11)9(2)3/h4-5,8-9H,6-7H2,1-3H3,(H,15,18)/b5-4+. The largest absolute Gasteiger partial charge is 0.350 e. The zero-order chi connectivity index (χ0) is 13.5. The second-order valence-electron chi connectivity index (χ2n) is 4.19. The lowest BCUT2D eigenvalue weighted by atomic mass is 10.2. The van der Waals surface area contributed by atoms with Gasteiger partial charge in [0.05, 0.1) is 11.2 Å². The van der Waals surface area contributed by atoms with E-state index >= 15 is 0 Å². The quantitative estimate of drug-likeness (QED) is 0.659. The fourth-order valence-electron chi connectivity index (χ4n) is 1.34. The number of hydrogen-bond donors (Lipinski definition) is 1. The number of allylic oxidation sites excluding steroid dienone is 1. The Balaban J connectivity index is 2.75. The summed E-state index contributed by atoms with van der Waals surface area (Å²) in [5.41, 5.74) is 0.246. The molecule has 0 saturated heterocycles. The summed E-state index contributed by atoms with van der Waals surface area (Å²) < 4.78 is 0. The number of carbonyl (C=O) groups is 1. The third-order valence-electron chi connectivity index (χ3n) is 2.33. The minimum atomic E-state index is -0.256. The molecule has 1 N–H and O–H groups in total. The lowest BCUT2D eigenvalue weighted by Gasteiger charge is -2.08. The molecule has 0 spiro atoms. The summed E-state index contributed by atoms with van der Waals surface area (Å²) in [5, 5.41) is 3.06. The monoisotopic (exact) mass is 267 g/mol. The predicted molar refractivity (Wildman–Crippen MR) is 72.9 cm³/mol. The van der Waals surface area contributed by atoms with Crippen molar-refractivity contribution in [3.05, 3.63) is 34.9 Å². The van der Waals surface area contributed by atoms with E-state index < -0.39 is 0 Å². The molecule has 4 nitrogen and oxygen atoms in total. The number of nitrogens with zero attached hydrogens (tertiary/aromatic N) is 2. The Morgan fingerprint density at radius 2 is 2.28 bits per heavy atom. The average molecular weight is 268 g/mol. The van der Waals surface area contributed by atoms with Gasteiger partial charge in [0.2, 0.25) is 0 Å². The summed E-state index contributed by atoms with van der Waals surface area (Å²) in [7, 11) is 0. The third-order valence-corrected chi connectivity index (χ3v) is 2.60. The van der Waals surface area contributed by atoms with Gasteiger partial charge in [-0.3, -0.25) is 4.79 Å². The van der Waals surface area contributed by atoms with E-state index in [2.05, 4.69) is 15.3 Å². The fraction of sp³-hybridized carbons (Fsp3) is 0.462. The van der Waals surface area contributed by atoms with Crippen molar-refractivity contribution in [2.45, 2.75) is 33.1 Å². The molecule has 18 heavy (non-hydrogen) atoms. The summed E-state index contributed by atoms with van der Waals surface area (Å²) in [6.45, 7) is 6.45. The highest BCUT2D eigenvalue weighted by Gasteiger charge is 2.14. The number of halogens is 1. The van der Waals surface area contributed by atoms with Crippen LogP contribution in [0.1, 0.15) is 49.4 Å². The smallest absolute Gasteiger partial charge is 0.271 e. The van der Waals surface area contributed by atoms with Crippen LogP contribution in [0, 0.1) is 0 Å². The molecule has 0 aliphatic rings. The predicted octanol–water partition coefficient (Wildman–Crippen LogP) is 2.95. The lowest BCUT2D eigenvalue weighted by Crippen LogP contribution is -2.26. The van der Waals surface area contributed by atoms with Crippen molar-refractivity contribution in [2.75, 3.05) is 6.54 Å². The second-order valence-corrected chi connectivity index (χ2v) is 4.60. The van der Waals surface area contributed by atoms with Gasteiger partial charge in [-0.05, 0) is 13.3 Å². The molecule has 0 radical (unpaired) electrons. The van der Waals surface area contributed by atoms with E-state index in [1.807, 2.05) is 32.9 Å². The molecule has 1 aromatic rings. The van der Waals surface area contributed by atoms with Crippen LogP contribution < -0.4 is 5.32 Å². The maximum Gasteiger partial charge on any atom is 0.271 e. The van der Waals surface area contributed by atoms with Crippen LogP contribution in [-0.4, -0.2) is 22.4 Å². The molecule has 0 saturated carbocycles. The molecule has 0 unspecified atom stereocenters. The molecule has 1 rings (SSSR count). The highest BCUT2D eigenvalue weighted by Crippen LogP contribution is 2.16. The molecule has 0 bridgehead atoms. The van der Waals surface area contributed by atoms with Crippen molar-refractivity contribution >= 4 is 17.5 Å². The maximum atomic E-state index is 11.9. The Bertz CT molecular complexity index is 444. The van der Waals surface area contributed by atoms with Gasteiger partial charge in [-0.2, -0.15) is 0 Å². The van der Waals surface area contributed by atoms with Crippen molar-refractivity contribution in [2.24, 2.45) is 0 Å². The van der Waals surface area contributed by atoms with Crippen LogP contribution in [0.3, 0.4) is 0 Å². The molecule has 0 aliphatic carbocycles. The van der Waals surface area contributed by atoms with Crippen LogP contribution in [0.15, 0.2) is 18.3 Å². The molecular formula is C13H18ClN3O. The van der Waals surface area contributed by atoms with Gasteiger partial charge in [-0.25, -0.2) is 9.97 Å². The molecule has 0 atom stereocenters. The zero-order valence-electron chi connectivity index (χ0n) is 10.9. The first-order valence-corrected chi connectivity index (χ1v) is 6.35. The van der Waals surface area contributed by atoms with E-state index in [1.54, 1.807) is 0 Å². The maximum absolute atomic E-state index is 11.9. The SMILES string of the molecule is C/C=C/CCNC(=O)c1nc(C(C)C)ncc1Cl. The van der Waals surface area contributed by atoms with Gasteiger partial charge in [0.15, 0.2) is 0 Å². The molecule has 0 aromatic carbocycles. The van der Waals surface area contributed by atoms with E-state index in [-0.39, 0.29) is 22.5 Å². The van der Waals surface area contributed by atoms with Crippen LogP contribution in [0.5, 0.6) is 0 Å². The number of aromatic nitrogens is 2. The Kier molecular flexibility index (Phi) is 5.78. The van der Waals surface area contributed by atoms with Gasteiger partial charge < -0.3 is 5.32 Å². The van der Waals surface area contributed by atoms with Gasteiger partial charge in [-0.15, -0.1) is 0 Å². The van der Waals surface area contributed by atoms with Crippen molar-refractivity contribution < 1.29 is 4.79 Å². The molecule has 0 fully saturated rings. The first kappa shape index (κ1) is 14.6. The third kappa shape index (κ3) is 4.11. The number of hydrogen-bond acceptors (Lipinski definition) is 3. The average Bonchev–Trinajstić information content (AvgIpc) is 2.34. The number of carbonyl (C=O) groups excluding carboxylic acids is 1. The van der Waals surface area contributed by atoms with Gasteiger partial charge in [-0.1, -0.05) is 37.6 Å². The van der Waals surface area contributed by atoms with E-state index in [0.717, 1.165) is 6.42 Å². The molecule has 0 aliphatic heterocycles. The van der Waals surface area contributed by atoms with Gasteiger partial charge >= 0.3 is 0 Å². The fourth-order valence-corrected chi connectivity index (χ4v) is 1.51. The van der Waals surface area contributed by atoms with E-state index in [4.69, 9.17) is 11.6 Å². The van der Waals surface area contributed by atoms with Crippen LogP contribution in [-0.2, 0) is 0 Å². The van der Waals surface area contributed by atoms with Crippen molar-refractivity contribution in [3.8, 4) is 0 Å². The Morgan fingerprint density at radius 3 is 2.89 bits per heavy atom. The normalized spacial score (nSPS) is 11.2. The van der Waals surface area contributed by atoms with Crippen molar-refractivity contribution in [3.63, 3.8) is 0 Å². The molecular weight excluding hydrogens is 250 g/mol. The summed E-state index contributed by atoms with van der Waals surface area (Å²) in [4.78, 5) is 20.2. The summed E-state index contributed by atoms with van der Waals surface area (Å²) >= 11 is 5.94. The van der Waals surface area contributed by atoms with Crippen LogP contribution >= 0.6 is 11.6 Å². The molecule has 1 heterocycles. The van der Waals surface area contributed by atoms with Gasteiger partial charge in [0, 0.05) is 12.5 Å². The summed E-state index contributed by atoms with van der Waals surface area (Å²) in [5.74, 6) is 0.531. The van der Waals surface area contributed by atoms with Crippen LogP contribution in [0.2, 0.25) is 5.02 Å². The first-order chi connectivity index (χ1) is 8.56. The first-order valence-electron chi connectivity index (χ1n) is 5.98. The summed E-state index contributed by atoms with van der Waals surface area (Å²) in [6, 6.07) is 0.